The van der Waals surface area contributed by atoms with Crippen molar-refractivity contribution in [2.45, 2.75) is 174 Å². The van der Waals surface area contributed by atoms with Crippen LogP contribution in [-0.4, -0.2) is 20.8 Å². The highest BCUT2D eigenvalue weighted by Crippen LogP contribution is 2.14. The van der Waals surface area contributed by atoms with Crippen LogP contribution in [0.25, 0.3) is 0 Å². The van der Waals surface area contributed by atoms with Gasteiger partial charge in [0, 0.05) is 0 Å². The monoisotopic (exact) mass is 488 g/mol. The zero-order valence-electron chi connectivity index (χ0n) is 22.7. The van der Waals surface area contributed by atoms with Crippen LogP contribution in [0.3, 0.4) is 0 Å². The zero-order valence-corrected chi connectivity index (χ0v) is 23.5. The maximum atomic E-state index is 12.0. The molecule has 0 heterocycles. The van der Waals surface area contributed by atoms with E-state index >= 15 is 0 Å². The van der Waals surface area contributed by atoms with Crippen LogP contribution in [0.5, 0.6) is 0 Å². The lowest BCUT2D eigenvalue weighted by Gasteiger charge is -2.06. The van der Waals surface area contributed by atoms with Crippen molar-refractivity contribution in [1.29, 1.82) is 0 Å². The Balaban J connectivity index is 3.27. The topological polar surface area (TPSA) is 43.4 Å². The summed E-state index contributed by atoms with van der Waals surface area (Å²) in [7, 11) is -3.31. The second-order valence-corrected chi connectivity index (χ2v) is 12.0. The number of hydrogen-bond donors (Lipinski definition) is 0. The SMILES string of the molecule is CCCCCCCCCCCCCCCCCCOS(=O)(=O)CCCCCCCCCCC. The van der Waals surface area contributed by atoms with Crippen LogP contribution in [0.1, 0.15) is 174 Å². The average molecular weight is 489 g/mol. The number of rotatable bonds is 28. The van der Waals surface area contributed by atoms with E-state index in [1.54, 1.807) is 0 Å². The Kier molecular flexibility index (Phi) is 26.4. The molecule has 0 atom stereocenters. The molecule has 0 radical (unpaired) electrons. The van der Waals surface area contributed by atoms with Crippen molar-refractivity contribution in [2.75, 3.05) is 12.4 Å². The Labute approximate surface area is 209 Å². The lowest BCUT2D eigenvalue weighted by Crippen LogP contribution is -2.11. The fourth-order valence-corrected chi connectivity index (χ4v) is 5.53. The van der Waals surface area contributed by atoms with Gasteiger partial charge in [0.15, 0.2) is 0 Å². The summed E-state index contributed by atoms with van der Waals surface area (Å²) in [6.45, 7) is 4.89. The molecule has 0 aliphatic carbocycles. The molecule has 0 aromatic rings. The van der Waals surface area contributed by atoms with Gasteiger partial charge in [-0.05, 0) is 12.8 Å². The summed E-state index contributed by atoms with van der Waals surface area (Å²) in [4.78, 5) is 0. The molecule has 0 spiro atoms. The van der Waals surface area contributed by atoms with E-state index in [1.807, 2.05) is 0 Å². The summed E-state index contributed by atoms with van der Waals surface area (Å²) in [6, 6.07) is 0. The minimum atomic E-state index is -3.31. The zero-order chi connectivity index (χ0) is 24.3. The van der Waals surface area contributed by atoms with Crippen molar-refractivity contribution in [3.8, 4) is 0 Å². The molecule has 0 N–H and O–H groups in total. The lowest BCUT2D eigenvalue weighted by atomic mass is 10.0. The maximum absolute atomic E-state index is 12.0. The van der Waals surface area contributed by atoms with Crippen LogP contribution in [0, 0.1) is 0 Å². The van der Waals surface area contributed by atoms with Crippen molar-refractivity contribution in [3.63, 3.8) is 0 Å². The summed E-state index contributed by atoms with van der Waals surface area (Å²) in [5.74, 6) is 0.196. The fourth-order valence-electron chi connectivity index (χ4n) is 4.48. The summed E-state index contributed by atoms with van der Waals surface area (Å²) < 4.78 is 29.1. The van der Waals surface area contributed by atoms with E-state index in [0.717, 1.165) is 32.1 Å². The maximum Gasteiger partial charge on any atom is 0.267 e. The minimum absolute atomic E-state index is 0.196. The molecule has 0 fully saturated rings. The van der Waals surface area contributed by atoms with Crippen LogP contribution < -0.4 is 0 Å². The summed E-state index contributed by atoms with van der Waals surface area (Å²) in [5, 5.41) is 0. The highest BCUT2D eigenvalue weighted by atomic mass is 32.2. The standard InChI is InChI=1S/C29H60O3S/c1-3-5-7-9-11-13-14-15-16-17-18-19-20-22-24-26-28-32-33(30,31)29-27-25-23-21-12-10-8-6-4-2/h3-29H2,1-2H3. The first kappa shape index (κ1) is 32.9. The van der Waals surface area contributed by atoms with E-state index in [9.17, 15) is 8.42 Å². The van der Waals surface area contributed by atoms with Crippen LogP contribution in [-0.2, 0) is 14.3 Å². The van der Waals surface area contributed by atoms with Crippen LogP contribution in [0.4, 0.5) is 0 Å². The summed E-state index contributed by atoms with van der Waals surface area (Å²) in [6.07, 6.45) is 32.0. The Hall–Kier alpha value is -0.0900. The van der Waals surface area contributed by atoms with E-state index < -0.39 is 10.1 Å². The van der Waals surface area contributed by atoms with Crippen LogP contribution >= 0.6 is 0 Å². The predicted octanol–water partition coefficient (Wildman–Crippen LogP) is 10.1. The molecule has 3 nitrogen and oxygen atoms in total. The molecule has 0 aromatic carbocycles. The molecule has 4 heteroatoms. The van der Waals surface area contributed by atoms with Gasteiger partial charge in [-0.15, -0.1) is 0 Å². The molecule has 200 valence electrons. The van der Waals surface area contributed by atoms with Gasteiger partial charge in [0.25, 0.3) is 10.1 Å². The Morgan fingerprint density at radius 2 is 0.667 bits per heavy atom. The molecule has 0 aliphatic rings. The average Bonchev–Trinajstić information content (AvgIpc) is 2.80. The summed E-state index contributed by atoms with van der Waals surface area (Å²) >= 11 is 0. The van der Waals surface area contributed by atoms with E-state index in [1.165, 1.54) is 128 Å². The normalized spacial score (nSPS) is 11.9. The van der Waals surface area contributed by atoms with Crippen LogP contribution in [0.15, 0.2) is 0 Å². The minimum Gasteiger partial charge on any atom is -0.270 e. The summed E-state index contributed by atoms with van der Waals surface area (Å²) in [5.41, 5.74) is 0. The smallest absolute Gasteiger partial charge is 0.267 e. The lowest BCUT2D eigenvalue weighted by molar-refractivity contribution is 0.305. The Morgan fingerprint density at radius 1 is 0.394 bits per heavy atom. The van der Waals surface area contributed by atoms with Gasteiger partial charge in [-0.1, -0.05) is 162 Å². The van der Waals surface area contributed by atoms with Crippen molar-refractivity contribution in [2.24, 2.45) is 0 Å². The predicted molar refractivity (Wildman–Crippen MR) is 147 cm³/mol. The third-order valence-corrected chi connectivity index (χ3v) is 8.07. The van der Waals surface area contributed by atoms with Gasteiger partial charge in [-0.3, -0.25) is 4.18 Å². The molecule has 0 saturated carbocycles. The molecular formula is C29H60O3S. The third-order valence-electron chi connectivity index (χ3n) is 6.76. The van der Waals surface area contributed by atoms with Gasteiger partial charge in [0.2, 0.25) is 0 Å². The van der Waals surface area contributed by atoms with Gasteiger partial charge in [0.05, 0.1) is 12.4 Å². The highest BCUT2D eigenvalue weighted by Gasteiger charge is 2.10. The highest BCUT2D eigenvalue weighted by molar-refractivity contribution is 7.86. The quantitative estimate of drug-likeness (QED) is 0.0812. The molecule has 0 rings (SSSR count). The van der Waals surface area contributed by atoms with Crippen molar-refractivity contribution in [3.05, 3.63) is 0 Å². The van der Waals surface area contributed by atoms with Crippen molar-refractivity contribution in [1.82, 2.24) is 0 Å². The van der Waals surface area contributed by atoms with Crippen molar-refractivity contribution >= 4 is 10.1 Å². The van der Waals surface area contributed by atoms with E-state index in [4.69, 9.17) is 4.18 Å². The largest absolute Gasteiger partial charge is 0.270 e. The molecule has 0 unspecified atom stereocenters. The first-order chi connectivity index (χ1) is 16.1. The second kappa shape index (κ2) is 26.5. The molecular weight excluding hydrogens is 428 g/mol. The molecule has 0 aromatic heterocycles. The van der Waals surface area contributed by atoms with E-state index in [0.29, 0.717) is 6.61 Å². The van der Waals surface area contributed by atoms with Gasteiger partial charge >= 0.3 is 0 Å². The van der Waals surface area contributed by atoms with E-state index in [-0.39, 0.29) is 5.75 Å². The number of unbranched alkanes of at least 4 members (excludes halogenated alkanes) is 23. The third kappa shape index (κ3) is 28.0. The Morgan fingerprint density at radius 3 is 1.00 bits per heavy atom. The first-order valence-corrected chi connectivity index (χ1v) is 16.6. The van der Waals surface area contributed by atoms with Crippen molar-refractivity contribution < 1.29 is 12.6 Å². The molecule has 0 saturated heterocycles. The van der Waals surface area contributed by atoms with Crippen LogP contribution in [0.2, 0.25) is 0 Å². The van der Waals surface area contributed by atoms with Gasteiger partial charge in [0.1, 0.15) is 0 Å². The molecule has 0 amide bonds. The van der Waals surface area contributed by atoms with E-state index in [2.05, 4.69) is 13.8 Å². The van der Waals surface area contributed by atoms with Gasteiger partial charge in [-0.2, -0.15) is 8.42 Å². The Bertz CT molecular complexity index is 461. The molecule has 0 bridgehead atoms. The fraction of sp³-hybridized carbons (Fsp3) is 1.00. The first-order valence-electron chi connectivity index (χ1n) is 15.0. The van der Waals surface area contributed by atoms with Gasteiger partial charge < -0.3 is 0 Å². The number of hydrogen-bond acceptors (Lipinski definition) is 3. The van der Waals surface area contributed by atoms with Gasteiger partial charge in [-0.25, -0.2) is 0 Å². The molecule has 0 aliphatic heterocycles. The second-order valence-electron chi connectivity index (χ2n) is 10.2. The molecule has 33 heavy (non-hydrogen) atoms.